The van der Waals surface area contributed by atoms with Gasteiger partial charge >= 0.3 is 0 Å². The Kier molecular flexibility index (Phi) is 4.51. The molecular weight excluding hydrogens is 306 g/mol. The van der Waals surface area contributed by atoms with E-state index in [2.05, 4.69) is 25.8 Å². The molecule has 0 atom stereocenters. The van der Waals surface area contributed by atoms with Gasteiger partial charge < -0.3 is 15.2 Å². The fourth-order valence-corrected chi connectivity index (χ4v) is 2.20. The van der Waals surface area contributed by atoms with Crippen LogP contribution in [0.15, 0.2) is 47.1 Å². The van der Waals surface area contributed by atoms with Crippen LogP contribution in [0.1, 0.15) is 11.6 Å². The molecular formula is C17H17N5O2. The molecule has 2 aromatic heterocycles. The van der Waals surface area contributed by atoms with Crippen molar-refractivity contribution in [2.45, 2.75) is 13.8 Å². The van der Waals surface area contributed by atoms with Gasteiger partial charge in [-0.15, -0.1) is 0 Å². The predicted octanol–water partition coefficient (Wildman–Crippen LogP) is 2.80. The molecule has 0 bridgehead atoms. The molecule has 0 saturated heterocycles. The highest BCUT2D eigenvalue weighted by Gasteiger charge is 2.07. The Morgan fingerprint density at radius 2 is 2.08 bits per heavy atom. The summed E-state index contributed by atoms with van der Waals surface area (Å²) in [5, 5.41) is 9.47. The third-order valence-electron chi connectivity index (χ3n) is 3.28. The fraction of sp³-hybridized carbons (Fsp3) is 0.176. The lowest BCUT2D eigenvalue weighted by Gasteiger charge is -2.08. The number of aryl methyl sites for hydroxylation is 2. The van der Waals surface area contributed by atoms with Gasteiger partial charge in [-0.05, 0) is 32.0 Å². The van der Waals surface area contributed by atoms with Gasteiger partial charge in [-0.2, -0.15) is 0 Å². The minimum atomic E-state index is -0.202. The molecule has 0 radical (unpaired) electrons. The zero-order valence-corrected chi connectivity index (χ0v) is 13.4. The first-order valence-electron chi connectivity index (χ1n) is 7.47. The van der Waals surface area contributed by atoms with Crippen LogP contribution >= 0.6 is 0 Å². The van der Waals surface area contributed by atoms with E-state index in [-0.39, 0.29) is 12.5 Å². The van der Waals surface area contributed by atoms with E-state index in [0.717, 1.165) is 16.9 Å². The lowest BCUT2D eigenvalue weighted by atomic mass is 10.1. The van der Waals surface area contributed by atoms with E-state index in [1.54, 1.807) is 19.2 Å². The molecule has 0 unspecified atom stereocenters. The molecule has 1 amide bonds. The van der Waals surface area contributed by atoms with Crippen LogP contribution in [0.2, 0.25) is 0 Å². The van der Waals surface area contributed by atoms with Gasteiger partial charge in [0, 0.05) is 23.5 Å². The average molecular weight is 323 g/mol. The number of hydrogen-bond acceptors (Lipinski definition) is 6. The number of aromatic nitrogens is 3. The Morgan fingerprint density at radius 1 is 1.21 bits per heavy atom. The van der Waals surface area contributed by atoms with Crippen molar-refractivity contribution in [3.63, 3.8) is 0 Å². The molecule has 0 fully saturated rings. The van der Waals surface area contributed by atoms with Gasteiger partial charge in [0.2, 0.25) is 5.91 Å². The van der Waals surface area contributed by atoms with Crippen molar-refractivity contribution in [3.05, 3.63) is 54.2 Å². The van der Waals surface area contributed by atoms with Gasteiger partial charge in [-0.3, -0.25) is 4.79 Å². The van der Waals surface area contributed by atoms with Crippen molar-refractivity contribution in [2.75, 3.05) is 17.2 Å². The third-order valence-corrected chi connectivity index (χ3v) is 3.28. The van der Waals surface area contributed by atoms with Crippen LogP contribution in [-0.4, -0.2) is 27.6 Å². The highest BCUT2D eigenvalue weighted by molar-refractivity contribution is 5.93. The molecule has 122 valence electrons. The molecule has 0 aliphatic heterocycles. The standard InChI is InChI=1S/C17H17N5O2/c1-11-8-16(22-24-11)21-17(23)10-19-14-5-3-4-13(9-14)15-6-7-18-12(2)20-15/h3-9,19H,10H2,1-2H3,(H,21,22,23). The second-order valence-corrected chi connectivity index (χ2v) is 5.29. The molecule has 24 heavy (non-hydrogen) atoms. The van der Waals surface area contributed by atoms with Gasteiger partial charge in [0.05, 0.1) is 12.2 Å². The number of carbonyl (C=O) groups excluding carboxylic acids is 1. The van der Waals surface area contributed by atoms with Crippen molar-refractivity contribution in [2.24, 2.45) is 0 Å². The fourth-order valence-electron chi connectivity index (χ4n) is 2.20. The summed E-state index contributed by atoms with van der Waals surface area (Å²) in [7, 11) is 0. The van der Waals surface area contributed by atoms with Gasteiger partial charge in [0.1, 0.15) is 11.6 Å². The molecule has 3 aromatic rings. The molecule has 2 N–H and O–H groups in total. The summed E-state index contributed by atoms with van der Waals surface area (Å²) >= 11 is 0. The molecule has 7 nitrogen and oxygen atoms in total. The lowest BCUT2D eigenvalue weighted by molar-refractivity contribution is -0.114. The summed E-state index contributed by atoms with van der Waals surface area (Å²) < 4.78 is 4.91. The Labute approximate surface area is 139 Å². The van der Waals surface area contributed by atoms with Gasteiger partial charge in [-0.1, -0.05) is 17.3 Å². The van der Waals surface area contributed by atoms with Crippen LogP contribution in [0.5, 0.6) is 0 Å². The van der Waals surface area contributed by atoms with E-state index in [9.17, 15) is 4.79 Å². The zero-order chi connectivity index (χ0) is 16.9. The van der Waals surface area contributed by atoms with Crippen molar-refractivity contribution in [1.82, 2.24) is 15.1 Å². The lowest BCUT2D eigenvalue weighted by Crippen LogP contribution is -2.21. The maximum absolute atomic E-state index is 11.9. The largest absolute Gasteiger partial charge is 0.376 e. The number of amides is 1. The van der Waals surface area contributed by atoms with Crippen molar-refractivity contribution < 1.29 is 9.32 Å². The van der Waals surface area contributed by atoms with Crippen molar-refractivity contribution in [3.8, 4) is 11.3 Å². The van der Waals surface area contributed by atoms with E-state index in [1.165, 1.54) is 0 Å². The highest BCUT2D eigenvalue weighted by Crippen LogP contribution is 2.20. The predicted molar refractivity (Wildman–Crippen MR) is 90.6 cm³/mol. The summed E-state index contributed by atoms with van der Waals surface area (Å²) in [6.07, 6.45) is 1.73. The number of nitrogens with one attached hydrogen (secondary N) is 2. The SMILES string of the molecule is Cc1nccc(-c2cccc(NCC(=O)Nc3cc(C)on3)c2)n1. The minimum Gasteiger partial charge on any atom is -0.376 e. The number of nitrogens with zero attached hydrogens (tertiary/aromatic N) is 3. The highest BCUT2D eigenvalue weighted by atomic mass is 16.5. The Morgan fingerprint density at radius 3 is 2.83 bits per heavy atom. The summed E-state index contributed by atoms with van der Waals surface area (Å²) in [4.78, 5) is 20.4. The molecule has 3 rings (SSSR count). The molecule has 0 spiro atoms. The van der Waals surface area contributed by atoms with E-state index < -0.39 is 0 Å². The first-order chi connectivity index (χ1) is 11.6. The summed E-state index contributed by atoms with van der Waals surface area (Å²) in [6, 6.07) is 11.2. The van der Waals surface area contributed by atoms with Gasteiger partial charge in [-0.25, -0.2) is 9.97 Å². The van der Waals surface area contributed by atoms with Crippen LogP contribution in [0, 0.1) is 13.8 Å². The van der Waals surface area contributed by atoms with Crippen LogP contribution in [0.3, 0.4) is 0 Å². The molecule has 0 saturated carbocycles. The van der Waals surface area contributed by atoms with E-state index >= 15 is 0 Å². The first-order valence-corrected chi connectivity index (χ1v) is 7.47. The van der Waals surface area contributed by atoms with E-state index in [4.69, 9.17) is 4.52 Å². The Balaban J connectivity index is 1.63. The minimum absolute atomic E-state index is 0.123. The van der Waals surface area contributed by atoms with E-state index in [0.29, 0.717) is 17.4 Å². The van der Waals surface area contributed by atoms with Crippen LogP contribution in [-0.2, 0) is 4.79 Å². The van der Waals surface area contributed by atoms with Crippen molar-refractivity contribution in [1.29, 1.82) is 0 Å². The smallest absolute Gasteiger partial charge is 0.244 e. The summed E-state index contributed by atoms with van der Waals surface area (Å²) in [6.45, 7) is 3.74. The van der Waals surface area contributed by atoms with Crippen LogP contribution in [0.25, 0.3) is 11.3 Å². The molecule has 1 aromatic carbocycles. The molecule has 2 heterocycles. The maximum atomic E-state index is 11.9. The summed E-state index contributed by atoms with van der Waals surface area (Å²) in [5.41, 5.74) is 2.63. The monoisotopic (exact) mass is 323 g/mol. The molecule has 0 aliphatic carbocycles. The molecule has 7 heteroatoms. The summed E-state index contributed by atoms with van der Waals surface area (Å²) in [5.74, 6) is 1.57. The maximum Gasteiger partial charge on any atom is 0.244 e. The number of anilines is 2. The number of rotatable bonds is 5. The zero-order valence-electron chi connectivity index (χ0n) is 13.4. The van der Waals surface area contributed by atoms with Gasteiger partial charge in [0.15, 0.2) is 5.82 Å². The number of benzene rings is 1. The topological polar surface area (TPSA) is 92.9 Å². The van der Waals surface area contributed by atoms with Gasteiger partial charge in [0.25, 0.3) is 0 Å². The van der Waals surface area contributed by atoms with Crippen LogP contribution < -0.4 is 10.6 Å². The Bertz CT molecular complexity index is 859. The number of carbonyl (C=O) groups is 1. The average Bonchev–Trinajstić information content (AvgIpc) is 2.98. The first kappa shape index (κ1) is 15.7. The van der Waals surface area contributed by atoms with Crippen molar-refractivity contribution >= 4 is 17.4 Å². The third kappa shape index (κ3) is 3.95. The van der Waals surface area contributed by atoms with Crippen LogP contribution in [0.4, 0.5) is 11.5 Å². The second-order valence-electron chi connectivity index (χ2n) is 5.29. The normalized spacial score (nSPS) is 10.4. The number of hydrogen-bond donors (Lipinski definition) is 2. The Hall–Kier alpha value is -3.22. The second kappa shape index (κ2) is 6.91. The van der Waals surface area contributed by atoms with E-state index in [1.807, 2.05) is 37.3 Å². The quantitative estimate of drug-likeness (QED) is 0.750. The molecule has 0 aliphatic rings.